The fourth-order valence-electron chi connectivity index (χ4n) is 2.03. The number of nitrogens with one attached hydrogen (secondary N) is 1. The summed E-state index contributed by atoms with van der Waals surface area (Å²) in [6.45, 7) is 5.84. The molecule has 0 saturated heterocycles. The summed E-state index contributed by atoms with van der Waals surface area (Å²) in [7, 11) is 1.63. The summed E-state index contributed by atoms with van der Waals surface area (Å²) in [6, 6.07) is 7.54. The average Bonchev–Trinajstić information content (AvgIpc) is 2.48. The molecule has 0 aliphatic carbocycles. The van der Waals surface area contributed by atoms with Crippen molar-refractivity contribution in [2.75, 3.05) is 32.1 Å². The third kappa shape index (κ3) is 4.74. The Bertz CT molecular complexity index is 402. The molecule has 0 fully saturated rings. The van der Waals surface area contributed by atoms with Gasteiger partial charge in [-0.1, -0.05) is 0 Å². The van der Waals surface area contributed by atoms with Crippen molar-refractivity contribution in [2.45, 2.75) is 26.3 Å². The van der Waals surface area contributed by atoms with Gasteiger partial charge < -0.3 is 20.7 Å². The molecule has 0 aliphatic rings. The maximum atomic E-state index is 12.1. The highest BCUT2D eigenvalue weighted by Crippen LogP contribution is 2.16. The van der Waals surface area contributed by atoms with Gasteiger partial charge in [0.25, 0.3) is 0 Å². The molecule has 1 atom stereocenters. The van der Waals surface area contributed by atoms with Gasteiger partial charge in [-0.2, -0.15) is 0 Å². The number of anilines is 1. The second-order valence-electron chi connectivity index (χ2n) is 4.58. The lowest BCUT2D eigenvalue weighted by atomic mass is 10.1. The first-order valence-corrected chi connectivity index (χ1v) is 7.03. The Hall–Kier alpha value is -1.75. The van der Waals surface area contributed by atoms with Crippen molar-refractivity contribution in [1.82, 2.24) is 4.90 Å². The second-order valence-corrected chi connectivity index (χ2v) is 4.58. The number of ether oxygens (including phenoxy) is 1. The van der Waals surface area contributed by atoms with Crippen molar-refractivity contribution in [3.05, 3.63) is 24.3 Å². The van der Waals surface area contributed by atoms with Crippen LogP contribution in [0, 0.1) is 0 Å². The Morgan fingerprint density at radius 2 is 1.90 bits per heavy atom. The van der Waals surface area contributed by atoms with Gasteiger partial charge in [0.2, 0.25) is 5.91 Å². The van der Waals surface area contributed by atoms with Gasteiger partial charge in [-0.15, -0.1) is 0 Å². The van der Waals surface area contributed by atoms with Crippen molar-refractivity contribution in [2.24, 2.45) is 5.73 Å². The topological polar surface area (TPSA) is 67.6 Å². The van der Waals surface area contributed by atoms with E-state index in [4.69, 9.17) is 10.5 Å². The van der Waals surface area contributed by atoms with Crippen LogP contribution in [-0.4, -0.2) is 43.6 Å². The van der Waals surface area contributed by atoms with Crippen LogP contribution in [0.25, 0.3) is 0 Å². The molecule has 0 aliphatic heterocycles. The number of carbonyl (C=O) groups excluding carboxylic acids is 1. The first-order chi connectivity index (χ1) is 9.64. The number of hydrogen-bond acceptors (Lipinski definition) is 4. The van der Waals surface area contributed by atoms with Crippen molar-refractivity contribution < 1.29 is 9.53 Å². The van der Waals surface area contributed by atoms with Crippen LogP contribution in [0.5, 0.6) is 5.75 Å². The van der Waals surface area contributed by atoms with E-state index < -0.39 is 0 Å². The Balaban J connectivity index is 2.59. The van der Waals surface area contributed by atoms with Gasteiger partial charge >= 0.3 is 0 Å². The van der Waals surface area contributed by atoms with E-state index in [0.717, 1.165) is 24.5 Å². The van der Waals surface area contributed by atoms with Gasteiger partial charge in [-0.3, -0.25) is 4.79 Å². The lowest BCUT2D eigenvalue weighted by Crippen LogP contribution is -2.38. The Morgan fingerprint density at radius 1 is 1.30 bits per heavy atom. The minimum atomic E-state index is -0.0588. The first kappa shape index (κ1) is 16.3. The van der Waals surface area contributed by atoms with Gasteiger partial charge in [0.05, 0.1) is 7.11 Å². The van der Waals surface area contributed by atoms with E-state index in [1.807, 2.05) is 43.0 Å². The quantitative estimate of drug-likeness (QED) is 0.760. The van der Waals surface area contributed by atoms with Gasteiger partial charge in [-0.25, -0.2) is 0 Å². The van der Waals surface area contributed by atoms with E-state index in [-0.39, 0.29) is 11.9 Å². The molecule has 0 aromatic heterocycles. The molecule has 1 aromatic rings. The zero-order valence-corrected chi connectivity index (χ0v) is 12.6. The fourth-order valence-corrected chi connectivity index (χ4v) is 2.03. The second kappa shape index (κ2) is 8.43. The number of carbonyl (C=O) groups is 1. The van der Waals surface area contributed by atoms with Crippen LogP contribution in [-0.2, 0) is 4.79 Å². The van der Waals surface area contributed by atoms with Crippen LogP contribution in [0.1, 0.15) is 20.3 Å². The highest BCUT2D eigenvalue weighted by Gasteiger charge is 2.16. The highest BCUT2D eigenvalue weighted by molar-refractivity contribution is 5.77. The molecule has 1 unspecified atom stereocenters. The lowest BCUT2D eigenvalue weighted by Gasteiger charge is -2.23. The summed E-state index contributed by atoms with van der Waals surface area (Å²) < 4.78 is 5.11. The monoisotopic (exact) mass is 279 g/mol. The highest BCUT2D eigenvalue weighted by atomic mass is 16.5. The summed E-state index contributed by atoms with van der Waals surface area (Å²) >= 11 is 0. The maximum absolute atomic E-state index is 12.1. The van der Waals surface area contributed by atoms with Crippen molar-refractivity contribution in [3.8, 4) is 5.75 Å². The number of rotatable bonds is 8. The van der Waals surface area contributed by atoms with E-state index in [9.17, 15) is 4.79 Å². The number of amides is 1. The van der Waals surface area contributed by atoms with Gasteiger partial charge in [-0.05, 0) is 38.1 Å². The maximum Gasteiger partial charge on any atom is 0.224 e. The zero-order valence-electron chi connectivity index (χ0n) is 12.6. The third-order valence-electron chi connectivity index (χ3n) is 3.28. The van der Waals surface area contributed by atoms with Gasteiger partial charge in [0.15, 0.2) is 0 Å². The summed E-state index contributed by atoms with van der Waals surface area (Å²) in [6.07, 6.45) is 0.407. The molecule has 3 N–H and O–H groups in total. The van der Waals surface area contributed by atoms with Gasteiger partial charge in [0.1, 0.15) is 5.75 Å². The molecule has 20 heavy (non-hydrogen) atoms. The van der Waals surface area contributed by atoms with E-state index >= 15 is 0 Å². The fraction of sp³-hybridized carbons (Fsp3) is 0.533. The molecule has 5 heteroatoms. The minimum Gasteiger partial charge on any atom is -0.497 e. The van der Waals surface area contributed by atoms with E-state index in [0.29, 0.717) is 13.0 Å². The molecular formula is C15H25N3O2. The molecule has 0 saturated carbocycles. The van der Waals surface area contributed by atoms with Crippen LogP contribution in [0.15, 0.2) is 24.3 Å². The predicted molar refractivity (Wildman–Crippen MR) is 82.0 cm³/mol. The van der Waals surface area contributed by atoms with E-state index in [2.05, 4.69) is 5.32 Å². The summed E-state index contributed by atoms with van der Waals surface area (Å²) in [5.74, 6) is 0.936. The van der Waals surface area contributed by atoms with E-state index in [1.54, 1.807) is 7.11 Å². The predicted octanol–water partition coefficient (Wildman–Crippen LogP) is 1.69. The van der Waals surface area contributed by atoms with Crippen molar-refractivity contribution >= 4 is 11.6 Å². The normalized spacial score (nSPS) is 11.8. The molecule has 5 nitrogen and oxygen atoms in total. The van der Waals surface area contributed by atoms with Crippen LogP contribution >= 0.6 is 0 Å². The molecule has 0 spiro atoms. The van der Waals surface area contributed by atoms with Crippen LogP contribution in [0.4, 0.5) is 5.69 Å². The number of nitrogens with two attached hydrogens (primary N) is 1. The summed E-state index contributed by atoms with van der Waals surface area (Å²) in [5, 5.41) is 3.29. The van der Waals surface area contributed by atoms with Crippen LogP contribution in [0.3, 0.4) is 0 Å². The Morgan fingerprint density at radius 3 is 2.35 bits per heavy atom. The Kier molecular flexibility index (Phi) is 6.87. The molecule has 0 heterocycles. The first-order valence-electron chi connectivity index (χ1n) is 7.03. The van der Waals surface area contributed by atoms with E-state index in [1.165, 1.54) is 0 Å². The van der Waals surface area contributed by atoms with Crippen molar-refractivity contribution in [3.63, 3.8) is 0 Å². The third-order valence-corrected chi connectivity index (χ3v) is 3.28. The number of hydrogen-bond donors (Lipinski definition) is 2. The molecule has 1 aromatic carbocycles. The van der Waals surface area contributed by atoms with Crippen LogP contribution < -0.4 is 15.8 Å². The van der Waals surface area contributed by atoms with Crippen LogP contribution in [0.2, 0.25) is 0 Å². The van der Waals surface area contributed by atoms with Gasteiger partial charge in [0, 0.05) is 37.8 Å². The lowest BCUT2D eigenvalue weighted by molar-refractivity contribution is -0.131. The smallest absolute Gasteiger partial charge is 0.224 e. The summed E-state index contributed by atoms with van der Waals surface area (Å²) in [4.78, 5) is 13.9. The SMILES string of the molecule is CCN(CC)C(=O)CC(CN)Nc1ccc(OC)cc1. The molecule has 1 rings (SSSR count). The largest absolute Gasteiger partial charge is 0.497 e. The molecule has 0 radical (unpaired) electrons. The standard InChI is InChI=1S/C15H25N3O2/c1-4-18(5-2)15(19)10-13(11-16)17-12-6-8-14(20-3)9-7-12/h6-9,13,17H,4-5,10-11,16H2,1-3H3. The number of methoxy groups -OCH3 is 1. The number of benzene rings is 1. The Labute approximate surface area is 121 Å². The molecular weight excluding hydrogens is 254 g/mol. The molecule has 0 bridgehead atoms. The molecule has 112 valence electrons. The zero-order chi connectivity index (χ0) is 15.0. The minimum absolute atomic E-state index is 0.0588. The molecule has 1 amide bonds. The average molecular weight is 279 g/mol. The number of nitrogens with zero attached hydrogens (tertiary/aromatic N) is 1. The van der Waals surface area contributed by atoms with Crippen molar-refractivity contribution in [1.29, 1.82) is 0 Å². The summed E-state index contributed by atoms with van der Waals surface area (Å²) in [5.41, 5.74) is 6.69.